The minimum absolute atomic E-state index is 0.0604. The summed E-state index contributed by atoms with van der Waals surface area (Å²) < 4.78 is 0.828. The number of nitrogens with zero attached hydrogens (tertiary/aromatic N) is 4. The van der Waals surface area contributed by atoms with E-state index in [0.717, 1.165) is 55.3 Å². The smallest absolute Gasteiger partial charge is 0.317 e. The first-order valence-electron chi connectivity index (χ1n) is 7.00. The molecule has 108 valence electrons. The van der Waals surface area contributed by atoms with Crippen LogP contribution >= 0.6 is 15.9 Å². The summed E-state index contributed by atoms with van der Waals surface area (Å²) in [6.07, 6.45) is 1.92. The summed E-state index contributed by atoms with van der Waals surface area (Å²) >= 11 is 3.46. The molecular weight excluding hydrogens is 322 g/mol. The molecule has 2 amide bonds. The molecule has 0 aliphatic carbocycles. The van der Waals surface area contributed by atoms with E-state index in [1.54, 1.807) is 0 Å². The third kappa shape index (κ3) is 2.59. The zero-order chi connectivity index (χ0) is 14.1. The van der Waals surface area contributed by atoms with Crippen molar-refractivity contribution in [2.45, 2.75) is 25.8 Å². The molecule has 0 saturated carbocycles. The molecule has 2 fully saturated rings. The summed E-state index contributed by atoms with van der Waals surface area (Å²) in [5.74, 6) is 1.83. The van der Waals surface area contributed by atoms with E-state index >= 15 is 0 Å². The summed E-state index contributed by atoms with van der Waals surface area (Å²) in [6, 6.07) is 2.27. The number of urea groups is 1. The SMILES string of the molecule is CCCc1nc(Br)cc(N2CCN3C(=O)NCC3C2)n1. The van der Waals surface area contributed by atoms with E-state index in [-0.39, 0.29) is 12.1 Å². The predicted octanol–water partition coefficient (Wildman–Crippen LogP) is 1.41. The largest absolute Gasteiger partial charge is 0.353 e. The molecular formula is C13H18BrN5O. The molecule has 1 N–H and O–H groups in total. The first-order chi connectivity index (χ1) is 9.67. The molecule has 3 rings (SSSR count). The fourth-order valence-corrected chi connectivity index (χ4v) is 3.17. The fraction of sp³-hybridized carbons (Fsp3) is 0.615. The lowest BCUT2D eigenvalue weighted by Crippen LogP contribution is -2.52. The molecule has 0 aromatic carbocycles. The van der Waals surface area contributed by atoms with Crippen molar-refractivity contribution in [1.82, 2.24) is 20.2 Å². The lowest BCUT2D eigenvalue weighted by molar-refractivity contribution is 0.197. The Bertz CT molecular complexity index is 523. The number of aromatic nitrogens is 2. The number of amides is 2. The number of hydrogen-bond donors (Lipinski definition) is 1. The van der Waals surface area contributed by atoms with Gasteiger partial charge in [0.25, 0.3) is 0 Å². The van der Waals surface area contributed by atoms with Crippen LogP contribution < -0.4 is 10.2 Å². The van der Waals surface area contributed by atoms with Crippen LogP contribution in [0.5, 0.6) is 0 Å². The molecule has 1 atom stereocenters. The molecule has 3 heterocycles. The van der Waals surface area contributed by atoms with Crippen LogP contribution in [0.25, 0.3) is 0 Å². The molecule has 2 aliphatic rings. The lowest BCUT2D eigenvalue weighted by Gasteiger charge is -2.37. The monoisotopic (exact) mass is 339 g/mol. The number of nitrogens with one attached hydrogen (secondary N) is 1. The van der Waals surface area contributed by atoms with E-state index in [1.807, 2.05) is 11.0 Å². The molecule has 6 nitrogen and oxygen atoms in total. The highest BCUT2D eigenvalue weighted by atomic mass is 79.9. The van der Waals surface area contributed by atoms with Gasteiger partial charge in [-0.15, -0.1) is 0 Å². The van der Waals surface area contributed by atoms with Gasteiger partial charge in [-0.2, -0.15) is 0 Å². The van der Waals surface area contributed by atoms with Crippen LogP contribution in [-0.2, 0) is 6.42 Å². The van der Waals surface area contributed by atoms with Crippen molar-refractivity contribution >= 4 is 27.8 Å². The molecule has 0 spiro atoms. The van der Waals surface area contributed by atoms with Gasteiger partial charge in [-0.05, 0) is 22.4 Å². The molecule has 2 aliphatic heterocycles. The second kappa shape index (κ2) is 5.55. The van der Waals surface area contributed by atoms with Crippen molar-refractivity contribution in [3.8, 4) is 0 Å². The summed E-state index contributed by atoms with van der Waals surface area (Å²) in [5, 5.41) is 2.89. The van der Waals surface area contributed by atoms with E-state index < -0.39 is 0 Å². The first kappa shape index (κ1) is 13.6. The summed E-state index contributed by atoms with van der Waals surface area (Å²) in [5.41, 5.74) is 0. The number of rotatable bonds is 3. The minimum Gasteiger partial charge on any atom is -0.353 e. The Morgan fingerprint density at radius 2 is 2.30 bits per heavy atom. The van der Waals surface area contributed by atoms with Gasteiger partial charge in [0, 0.05) is 38.7 Å². The highest BCUT2D eigenvalue weighted by Crippen LogP contribution is 2.22. The van der Waals surface area contributed by atoms with Crippen LogP contribution in [0.1, 0.15) is 19.2 Å². The quantitative estimate of drug-likeness (QED) is 0.845. The highest BCUT2D eigenvalue weighted by Gasteiger charge is 2.35. The van der Waals surface area contributed by atoms with Gasteiger partial charge in [-0.1, -0.05) is 6.92 Å². The van der Waals surface area contributed by atoms with E-state index in [1.165, 1.54) is 0 Å². The summed E-state index contributed by atoms with van der Waals surface area (Å²) in [7, 11) is 0. The van der Waals surface area contributed by atoms with Crippen LogP contribution in [0.3, 0.4) is 0 Å². The van der Waals surface area contributed by atoms with E-state index in [9.17, 15) is 4.79 Å². The summed E-state index contributed by atoms with van der Waals surface area (Å²) in [4.78, 5) is 24.8. The zero-order valence-corrected chi connectivity index (χ0v) is 13.1. The number of hydrogen-bond acceptors (Lipinski definition) is 4. The highest BCUT2D eigenvalue weighted by molar-refractivity contribution is 9.10. The second-order valence-electron chi connectivity index (χ2n) is 5.19. The standard InChI is InChI=1S/C13H18BrN5O/c1-2-3-11-16-10(14)6-12(17-11)18-4-5-19-9(8-18)7-15-13(19)20/h6,9H,2-5,7-8H2,1H3,(H,15,20). The van der Waals surface area contributed by atoms with Gasteiger partial charge in [-0.3, -0.25) is 0 Å². The van der Waals surface area contributed by atoms with Crippen LogP contribution in [0.2, 0.25) is 0 Å². The van der Waals surface area contributed by atoms with Crippen molar-refractivity contribution in [2.75, 3.05) is 31.1 Å². The third-order valence-electron chi connectivity index (χ3n) is 3.76. The van der Waals surface area contributed by atoms with Crippen LogP contribution in [-0.4, -0.2) is 53.1 Å². The average Bonchev–Trinajstić information content (AvgIpc) is 2.80. The topological polar surface area (TPSA) is 61.4 Å². The van der Waals surface area contributed by atoms with Gasteiger partial charge in [0.2, 0.25) is 0 Å². The maximum absolute atomic E-state index is 11.6. The van der Waals surface area contributed by atoms with Crippen molar-refractivity contribution in [3.63, 3.8) is 0 Å². The number of halogens is 1. The van der Waals surface area contributed by atoms with E-state index in [4.69, 9.17) is 0 Å². The van der Waals surface area contributed by atoms with Gasteiger partial charge >= 0.3 is 6.03 Å². The van der Waals surface area contributed by atoms with Crippen molar-refractivity contribution in [1.29, 1.82) is 0 Å². The van der Waals surface area contributed by atoms with Gasteiger partial charge in [0.15, 0.2) is 0 Å². The van der Waals surface area contributed by atoms with Crippen molar-refractivity contribution in [3.05, 3.63) is 16.5 Å². The van der Waals surface area contributed by atoms with Gasteiger partial charge < -0.3 is 15.1 Å². The number of piperazine rings is 1. The lowest BCUT2D eigenvalue weighted by atomic mass is 10.2. The van der Waals surface area contributed by atoms with Gasteiger partial charge in [0.05, 0.1) is 6.04 Å². The Morgan fingerprint density at radius 3 is 3.10 bits per heavy atom. The van der Waals surface area contributed by atoms with Crippen molar-refractivity contribution in [2.24, 2.45) is 0 Å². The Labute approximate surface area is 126 Å². The number of aryl methyl sites for hydroxylation is 1. The number of fused-ring (bicyclic) bond motifs is 1. The van der Waals surface area contributed by atoms with Crippen LogP contribution in [0.4, 0.5) is 10.6 Å². The fourth-order valence-electron chi connectivity index (χ4n) is 2.76. The predicted molar refractivity (Wildman–Crippen MR) is 79.8 cm³/mol. The number of carbonyl (C=O) groups is 1. The van der Waals surface area contributed by atoms with Crippen LogP contribution in [0.15, 0.2) is 10.7 Å². The molecule has 7 heteroatoms. The third-order valence-corrected chi connectivity index (χ3v) is 4.16. The average molecular weight is 340 g/mol. The molecule has 1 unspecified atom stereocenters. The Balaban J connectivity index is 1.78. The van der Waals surface area contributed by atoms with E-state index in [0.29, 0.717) is 0 Å². The van der Waals surface area contributed by atoms with Crippen molar-refractivity contribution < 1.29 is 4.79 Å². The Hall–Kier alpha value is -1.37. The molecule has 0 radical (unpaired) electrons. The number of carbonyl (C=O) groups excluding carboxylic acids is 1. The van der Waals surface area contributed by atoms with Gasteiger partial charge in [0.1, 0.15) is 16.2 Å². The Morgan fingerprint density at radius 1 is 1.45 bits per heavy atom. The number of anilines is 1. The molecule has 1 aromatic rings. The molecule has 1 aromatic heterocycles. The first-order valence-corrected chi connectivity index (χ1v) is 7.79. The minimum atomic E-state index is 0.0604. The normalized spacial score (nSPS) is 21.9. The maximum Gasteiger partial charge on any atom is 0.317 e. The maximum atomic E-state index is 11.6. The molecule has 0 bridgehead atoms. The van der Waals surface area contributed by atoms with Crippen LogP contribution in [0, 0.1) is 0 Å². The van der Waals surface area contributed by atoms with Gasteiger partial charge in [-0.25, -0.2) is 14.8 Å². The molecule has 20 heavy (non-hydrogen) atoms. The van der Waals surface area contributed by atoms with E-state index in [2.05, 4.69) is 43.0 Å². The second-order valence-corrected chi connectivity index (χ2v) is 6.01. The molecule has 2 saturated heterocycles. The summed E-state index contributed by atoms with van der Waals surface area (Å²) in [6.45, 7) is 5.25. The Kier molecular flexibility index (Phi) is 3.78. The zero-order valence-electron chi connectivity index (χ0n) is 11.5.